The van der Waals surface area contributed by atoms with Crippen LogP contribution in [0.25, 0.3) is 0 Å². The molecule has 20 heavy (non-hydrogen) atoms. The van der Waals surface area contributed by atoms with Crippen molar-refractivity contribution in [2.45, 2.75) is 6.92 Å². The van der Waals surface area contributed by atoms with E-state index in [9.17, 15) is 9.59 Å². The van der Waals surface area contributed by atoms with Crippen LogP contribution in [0.2, 0.25) is 0 Å². The van der Waals surface area contributed by atoms with Gasteiger partial charge in [-0.05, 0) is 24.6 Å². The van der Waals surface area contributed by atoms with Gasteiger partial charge in [-0.3, -0.25) is 14.7 Å². The molecule has 1 heterocycles. The van der Waals surface area contributed by atoms with E-state index in [4.69, 9.17) is 0 Å². The molecule has 0 spiro atoms. The molecule has 2 rings (SSSR count). The second-order valence-corrected chi connectivity index (χ2v) is 4.67. The zero-order chi connectivity index (χ0) is 14.7. The molecule has 6 nitrogen and oxygen atoms in total. The number of aryl methyl sites for hydroxylation is 1. The Bertz CT molecular complexity index is 633. The number of nitrogens with zero attached hydrogens (tertiary/aromatic N) is 2. The first-order valence-corrected chi connectivity index (χ1v) is 6.11. The molecular weight excluding hydrogens is 256 g/mol. The molecule has 0 saturated carbocycles. The van der Waals surface area contributed by atoms with Crippen LogP contribution in [-0.2, 0) is 0 Å². The van der Waals surface area contributed by atoms with E-state index >= 15 is 0 Å². The summed E-state index contributed by atoms with van der Waals surface area (Å²) in [5.41, 5.74) is 2.47. The fourth-order valence-corrected chi connectivity index (χ4v) is 1.72. The second-order valence-electron chi connectivity index (χ2n) is 4.67. The Morgan fingerprint density at radius 2 is 2.00 bits per heavy atom. The smallest absolute Gasteiger partial charge is 0.258 e. The number of benzene rings is 1. The molecule has 0 fully saturated rings. The van der Waals surface area contributed by atoms with Crippen molar-refractivity contribution in [3.05, 3.63) is 47.3 Å². The van der Waals surface area contributed by atoms with Crippen molar-refractivity contribution >= 4 is 17.5 Å². The fraction of sp³-hybridized carbons (Fsp3) is 0.214. The van der Waals surface area contributed by atoms with Crippen LogP contribution >= 0.6 is 0 Å². The number of amides is 2. The molecule has 0 radical (unpaired) electrons. The zero-order valence-electron chi connectivity index (χ0n) is 11.6. The minimum atomic E-state index is -0.267. The number of nitrogens with one attached hydrogen (secondary N) is 2. The van der Waals surface area contributed by atoms with Crippen LogP contribution in [-0.4, -0.2) is 41.0 Å². The molecule has 0 aliphatic heterocycles. The maximum atomic E-state index is 12.0. The summed E-state index contributed by atoms with van der Waals surface area (Å²) in [6.45, 7) is 1.87. The Kier molecular flexibility index (Phi) is 3.84. The number of carbonyl (C=O) groups is 2. The molecule has 0 aliphatic carbocycles. The van der Waals surface area contributed by atoms with Gasteiger partial charge in [0, 0.05) is 31.5 Å². The van der Waals surface area contributed by atoms with Crippen molar-refractivity contribution in [1.82, 2.24) is 15.1 Å². The van der Waals surface area contributed by atoms with E-state index in [0.29, 0.717) is 16.8 Å². The number of anilines is 1. The summed E-state index contributed by atoms with van der Waals surface area (Å²) in [7, 11) is 3.37. The summed E-state index contributed by atoms with van der Waals surface area (Å²) in [5, 5.41) is 9.09. The van der Waals surface area contributed by atoms with Gasteiger partial charge in [-0.15, -0.1) is 0 Å². The molecule has 2 N–H and O–H groups in total. The molecule has 2 amide bonds. The van der Waals surface area contributed by atoms with Crippen molar-refractivity contribution in [3.63, 3.8) is 0 Å². The third-order valence-corrected chi connectivity index (χ3v) is 2.90. The second kappa shape index (κ2) is 5.56. The highest BCUT2D eigenvalue weighted by Crippen LogP contribution is 2.18. The molecule has 1 aromatic heterocycles. The molecule has 104 valence electrons. The molecule has 1 aromatic carbocycles. The standard InChI is InChI=1S/C14H16N4O2/c1-9-4-5-10(14(20)18(2)3)6-12(9)17-13(19)11-7-15-16-8-11/h4-8H,1-3H3,(H,15,16)(H,17,19). The van der Waals surface area contributed by atoms with E-state index in [2.05, 4.69) is 15.5 Å². The lowest BCUT2D eigenvalue weighted by atomic mass is 10.1. The van der Waals surface area contributed by atoms with Crippen molar-refractivity contribution in [3.8, 4) is 0 Å². The van der Waals surface area contributed by atoms with E-state index < -0.39 is 0 Å². The predicted molar refractivity (Wildman–Crippen MR) is 75.7 cm³/mol. The zero-order valence-corrected chi connectivity index (χ0v) is 11.6. The monoisotopic (exact) mass is 272 g/mol. The SMILES string of the molecule is Cc1ccc(C(=O)N(C)C)cc1NC(=O)c1cn[nH]c1. The Labute approximate surface area is 116 Å². The maximum absolute atomic E-state index is 12.0. The minimum Gasteiger partial charge on any atom is -0.345 e. The first-order chi connectivity index (χ1) is 9.49. The van der Waals surface area contributed by atoms with Gasteiger partial charge in [0.15, 0.2) is 0 Å². The van der Waals surface area contributed by atoms with Gasteiger partial charge in [-0.2, -0.15) is 5.10 Å². The molecule has 6 heteroatoms. The number of aromatic nitrogens is 2. The third kappa shape index (κ3) is 2.85. The van der Waals surface area contributed by atoms with Crippen molar-refractivity contribution in [2.24, 2.45) is 0 Å². The predicted octanol–water partition coefficient (Wildman–Crippen LogP) is 1.67. The quantitative estimate of drug-likeness (QED) is 0.892. The van der Waals surface area contributed by atoms with Crippen molar-refractivity contribution < 1.29 is 9.59 Å². The highest BCUT2D eigenvalue weighted by molar-refractivity contribution is 6.05. The van der Waals surface area contributed by atoms with Crippen LogP contribution in [0.1, 0.15) is 26.3 Å². The molecule has 0 aliphatic rings. The Hall–Kier alpha value is -2.63. The fourth-order valence-electron chi connectivity index (χ4n) is 1.72. The average Bonchev–Trinajstić information content (AvgIpc) is 2.94. The average molecular weight is 272 g/mol. The van der Waals surface area contributed by atoms with Gasteiger partial charge in [0.05, 0.1) is 11.8 Å². The summed E-state index contributed by atoms with van der Waals surface area (Å²) >= 11 is 0. The lowest BCUT2D eigenvalue weighted by Gasteiger charge is -2.13. The summed E-state index contributed by atoms with van der Waals surface area (Å²) in [6.07, 6.45) is 2.96. The molecule has 2 aromatic rings. The van der Waals surface area contributed by atoms with Crippen molar-refractivity contribution in [2.75, 3.05) is 19.4 Å². The summed E-state index contributed by atoms with van der Waals surface area (Å²) in [5.74, 6) is -0.375. The summed E-state index contributed by atoms with van der Waals surface area (Å²) in [6, 6.07) is 5.22. The highest BCUT2D eigenvalue weighted by Gasteiger charge is 2.12. The van der Waals surface area contributed by atoms with E-state index in [1.54, 1.807) is 26.2 Å². The summed E-state index contributed by atoms with van der Waals surface area (Å²) in [4.78, 5) is 25.4. The van der Waals surface area contributed by atoms with Crippen LogP contribution in [0, 0.1) is 6.92 Å². The van der Waals surface area contributed by atoms with Crippen LogP contribution in [0.3, 0.4) is 0 Å². The van der Waals surface area contributed by atoms with E-state index in [-0.39, 0.29) is 11.8 Å². The van der Waals surface area contributed by atoms with E-state index in [1.807, 2.05) is 13.0 Å². The minimum absolute atomic E-state index is 0.108. The number of rotatable bonds is 3. The Morgan fingerprint density at radius 3 is 2.60 bits per heavy atom. The Morgan fingerprint density at radius 1 is 1.25 bits per heavy atom. The van der Waals surface area contributed by atoms with Gasteiger partial charge >= 0.3 is 0 Å². The van der Waals surface area contributed by atoms with Crippen LogP contribution in [0.4, 0.5) is 5.69 Å². The number of H-pyrrole nitrogens is 1. The number of carbonyl (C=O) groups excluding carboxylic acids is 2. The third-order valence-electron chi connectivity index (χ3n) is 2.90. The molecular formula is C14H16N4O2. The molecule has 0 unspecified atom stereocenters. The topological polar surface area (TPSA) is 78.1 Å². The first-order valence-electron chi connectivity index (χ1n) is 6.11. The first kappa shape index (κ1) is 13.8. The molecule has 0 atom stereocenters. The maximum Gasteiger partial charge on any atom is 0.258 e. The van der Waals surface area contributed by atoms with Gasteiger partial charge in [0.2, 0.25) is 0 Å². The van der Waals surface area contributed by atoms with E-state index in [0.717, 1.165) is 5.56 Å². The lowest BCUT2D eigenvalue weighted by molar-refractivity contribution is 0.0827. The Balaban J connectivity index is 2.25. The van der Waals surface area contributed by atoms with Crippen molar-refractivity contribution in [1.29, 1.82) is 0 Å². The van der Waals surface area contributed by atoms with Crippen LogP contribution in [0.15, 0.2) is 30.6 Å². The van der Waals surface area contributed by atoms with Gasteiger partial charge in [0.1, 0.15) is 0 Å². The van der Waals surface area contributed by atoms with E-state index in [1.165, 1.54) is 17.3 Å². The number of hydrogen-bond donors (Lipinski definition) is 2. The normalized spacial score (nSPS) is 10.2. The van der Waals surface area contributed by atoms with Crippen LogP contribution in [0.5, 0.6) is 0 Å². The molecule has 0 saturated heterocycles. The van der Waals surface area contributed by atoms with Gasteiger partial charge in [-0.25, -0.2) is 0 Å². The number of hydrogen-bond acceptors (Lipinski definition) is 3. The van der Waals surface area contributed by atoms with Gasteiger partial charge < -0.3 is 10.2 Å². The number of aromatic amines is 1. The largest absolute Gasteiger partial charge is 0.345 e. The van der Waals surface area contributed by atoms with Gasteiger partial charge in [0.25, 0.3) is 11.8 Å². The highest BCUT2D eigenvalue weighted by atomic mass is 16.2. The van der Waals surface area contributed by atoms with Crippen LogP contribution < -0.4 is 5.32 Å². The molecule has 0 bridgehead atoms. The summed E-state index contributed by atoms with van der Waals surface area (Å²) < 4.78 is 0. The van der Waals surface area contributed by atoms with Gasteiger partial charge in [-0.1, -0.05) is 6.07 Å². The lowest BCUT2D eigenvalue weighted by Crippen LogP contribution is -2.22.